The molecule has 202 valence electrons. The van der Waals surface area contributed by atoms with Crippen molar-refractivity contribution in [2.45, 2.75) is 39.0 Å². The minimum absolute atomic E-state index is 0.346. The Bertz CT molecular complexity index is 2180. The van der Waals surface area contributed by atoms with Gasteiger partial charge in [0.15, 0.2) is 11.0 Å². The number of aryl methyl sites for hydroxylation is 1. The summed E-state index contributed by atoms with van der Waals surface area (Å²) < 4.78 is 29.9. The molecule has 0 atom stereocenters. The van der Waals surface area contributed by atoms with Gasteiger partial charge in [0.1, 0.15) is 11.5 Å². The molecule has 0 aliphatic carbocycles. The van der Waals surface area contributed by atoms with Crippen LogP contribution in [0.25, 0.3) is 44.3 Å². The first-order chi connectivity index (χ1) is 21.0. The highest BCUT2D eigenvalue weighted by Gasteiger charge is 2.26. The van der Waals surface area contributed by atoms with E-state index in [1.165, 1.54) is 26.5 Å². The number of para-hydroxylation sites is 3. The van der Waals surface area contributed by atoms with E-state index >= 15 is 0 Å². The third-order valence-corrected chi connectivity index (χ3v) is 8.54. The predicted molar refractivity (Wildman–Crippen MR) is 169 cm³/mol. The van der Waals surface area contributed by atoms with Crippen molar-refractivity contribution in [3.05, 3.63) is 132 Å². The lowest BCUT2D eigenvalue weighted by Crippen LogP contribution is -2.25. The molecule has 0 aliphatic rings. The molecule has 0 fully saturated rings. The molecule has 3 aromatic heterocycles. The molecule has 0 spiro atoms. The summed E-state index contributed by atoms with van der Waals surface area (Å²) in [6, 6.07) is 35.6. The van der Waals surface area contributed by atoms with Crippen molar-refractivity contribution >= 4 is 32.8 Å². The Labute approximate surface area is 245 Å². The first kappa shape index (κ1) is 22.0. The van der Waals surface area contributed by atoms with Crippen LogP contribution in [0, 0.1) is 0 Å². The molecule has 0 unspecified atom stereocenters. The molecule has 4 aromatic carbocycles. The maximum atomic E-state index is 8.08. The second-order valence-corrected chi connectivity index (χ2v) is 11.7. The Morgan fingerprint density at radius 1 is 0.756 bits per heavy atom. The highest BCUT2D eigenvalue weighted by atomic mass is 15.1. The molecule has 7 rings (SSSR count). The van der Waals surface area contributed by atoms with E-state index in [-0.39, 0.29) is 5.41 Å². The fourth-order valence-electron chi connectivity index (χ4n) is 6.05. The van der Waals surface area contributed by atoms with Gasteiger partial charge in [-0.3, -0.25) is 4.57 Å². The van der Waals surface area contributed by atoms with Gasteiger partial charge in [0.25, 0.3) is 0 Å². The maximum absolute atomic E-state index is 8.08. The van der Waals surface area contributed by atoms with Gasteiger partial charge in [-0.25, -0.2) is 9.55 Å². The van der Waals surface area contributed by atoms with Crippen LogP contribution >= 0.6 is 0 Å². The normalized spacial score (nSPS) is 13.6. The Morgan fingerprint density at radius 3 is 2.34 bits per heavy atom. The van der Waals surface area contributed by atoms with Gasteiger partial charge in [-0.2, -0.15) is 4.57 Å². The zero-order valence-corrected chi connectivity index (χ0v) is 23.8. The van der Waals surface area contributed by atoms with Gasteiger partial charge in [-0.05, 0) is 71.1 Å². The molecule has 0 N–H and O–H groups in total. The Balaban J connectivity index is 1.38. The smallest absolute Gasteiger partial charge is 0.249 e. The monoisotopic (exact) mass is 538 g/mol. The first-order valence-corrected chi connectivity index (χ1v) is 14.2. The van der Waals surface area contributed by atoms with Crippen LogP contribution in [0.4, 0.5) is 0 Å². The average molecular weight is 539 g/mol. The van der Waals surface area contributed by atoms with E-state index in [2.05, 4.69) is 105 Å². The predicted octanol–water partition coefficient (Wildman–Crippen LogP) is 8.40. The van der Waals surface area contributed by atoms with Crippen molar-refractivity contribution in [1.82, 2.24) is 14.1 Å². The van der Waals surface area contributed by atoms with Crippen LogP contribution in [0.5, 0.6) is 0 Å². The van der Waals surface area contributed by atoms with E-state index in [1.54, 1.807) is 6.33 Å². The van der Waals surface area contributed by atoms with Crippen molar-refractivity contribution in [1.29, 1.82) is 0 Å². The molecular formula is C37H35N4+. The van der Waals surface area contributed by atoms with E-state index in [1.807, 2.05) is 41.1 Å². The molecular weight excluding hydrogens is 500 g/mol. The van der Waals surface area contributed by atoms with E-state index in [9.17, 15) is 0 Å². The number of aromatic nitrogens is 4. The minimum atomic E-state index is -2.28. The quantitative estimate of drug-likeness (QED) is 0.202. The van der Waals surface area contributed by atoms with Gasteiger partial charge < -0.3 is 0 Å². The summed E-state index contributed by atoms with van der Waals surface area (Å²) in [5.74, 6) is 1.32. The molecule has 4 nitrogen and oxygen atoms in total. The molecule has 41 heavy (non-hydrogen) atoms. The molecule has 3 heterocycles. The lowest BCUT2D eigenvalue weighted by Gasteiger charge is -2.26. The van der Waals surface area contributed by atoms with Crippen LogP contribution in [0.2, 0.25) is 0 Å². The highest BCUT2D eigenvalue weighted by Crippen LogP contribution is 2.38. The second kappa shape index (κ2) is 9.45. The van der Waals surface area contributed by atoms with Crippen LogP contribution in [0.3, 0.4) is 0 Å². The Morgan fingerprint density at radius 2 is 1.51 bits per heavy atom. The van der Waals surface area contributed by atoms with Crippen LogP contribution in [0.15, 0.2) is 116 Å². The van der Waals surface area contributed by atoms with Gasteiger partial charge in [-0.15, -0.1) is 0 Å². The summed E-state index contributed by atoms with van der Waals surface area (Å²) in [4.78, 5) is 4.82. The first-order valence-electron chi connectivity index (χ1n) is 15.7. The van der Waals surface area contributed by atoms with Crippen molar-refractivity contribution in [2.24, 2.45) is 6.98 Å². The topological polar surface area (TPSA) is 26.6 Å². The molecule has 0 aliphatic heterocycles. The largest absolute Gasteiger partial charge is 0.294 e. The lowest BCUT2D eigenvalue weighted by molar-refractivity contribution is -0.645. The molecule has 0 bridgehead atoms. The van der Waals surface area contributed by atoms with Crippen molar-refractivity contribution in [3.8, 4) is 11.5 Å². The third-order valence-electron chi connectivity index (χ3n) is 8.54. The molecule has 0 saturated heterocycles. The molecule has 0 radical (unpaired) electrons. The SMILES string of the molecule is [2H]C([2H])([2H])[n+]1cn(-c2cccc(C(C)(C)c3ccc4c5ccccc5n(-c5cc(C(C)C)ccn5)c4c3)c2)c2ccccc21. The van der Waals surface area contributed by atoms with Crippen LogP contribution < -0.4 is 4.57 Å². The second-order valence-electron chi connectivity index (χ2n) is 11.7. The number of hydrogen-bond acceptors (Lipinski definition) is 1. The summed E-state index contributed by atoms with van der Waals surface area (Å²) in [5.41, 5.74) is 7.92. The third kappa shape index (κ3) is 4.05. The van der Waals surface area contributed by atoms with Gasteiger partial charge in [0, 0.05) is 22.4 Å². The number of fused-ring (bicyclic) bond motifs is 4. The number of hydrogen-bond donors (Lipinski definition) is 0. The van der Waals surface area contributed by atoms with Crippen molar-refractivity contribution in [3.63, 3.8) is 0 Å². The van der Waals surface area contributed by atoms with Gasteiger partial charge in [-0.1, -0.05) is 82.3 Å². The number of nitrogens with zero attached hydrogens (tertiary/aromatic N) is 4. The minimum Gasteiger partial charge on any atom is -0.294 e. The van der Waals surface area contributed by atoms with E-state index in [0.29, 0.717) is 11.4 Å². The fourth-order valence-corrected chi connectivity index (χ4v) is 6.05. The average Bonchev–Trinajstić information content (AvgIpc) is 3.58. The Hall–Kier alpha value is -4.70. The molecule has 0 saturated carbocycles. The number of imidazole rings is 1. The van der Waals surface area contributed by atoms with Crippen molar-refractivity contribution < 1.29 is 8.68 Å². The van der Waals surface area contributed by atoms with E-state index in [4.69, 9.17) is 9.10 Å². The van der Waals surface area contributed by atoms with Crippen molar-refractivity contribution in [2.75, 3.05) is 0 Å². The highest BCUT2D eigenvalue weighted by molar-refractivity contribution is 6.09. The number of benzene rings is 4. The van der Waals surface area contributed by atoms with Crippen LogP contribution in [0.1, 0.15) is 54.4 Å². The van der Waals surface area contributed by atoms with E-state index in [0.717, 1.165) is 33.6 Å². The zero-order valence-electron chi connectivity index (χ0n) is 26.8. The lowest BCUT2D eigenvalue weighted by atomic mass is 9.77. The number of rotatable bonds is 5. The number of pyridine rings is 1. The van der Waals surface area contributed by atoms with Gasteiger partial charge in [0.2, 0.25) is 6.33 Å². The molecule has 4 heteroatoms. The molecule has 7 aromatic rings. The Kier molecular flexibility index (Phi) is 5.08. The maximum Gasteiger partial charge on any atom is 0.249 e. The standard InChI is InChI=1S/C37H35N4/c1-25(2)26-19-20-38-36(21-26)41-32-14-7-6-13-30(32)31-18-17-28(23-35(31)41)37(3,4)27-11-10-12-29(22-27)40-24-39(5)33-15-8-9-16-34(33)40/h6-25H,1-5H3/q+1/i5D3. The molecule has 0 amide bonds. The van der Waals surface area contributed by atoms with Crippen LogP contribution in [-0.4, -0.2) is 14.1 Å². The van der Waals surface area contributed by atoms with Gasteiger partial charge >= 0.3 is 0 Å². The summed E-state index contributed by atoms with van der Waals surface area (Å²) in [6.07, 6.45) is 3.60. The van der Waals surface area contributed by atoms with Gasteiger partial charge in [0.05, 0.1) is 22.1 Å². The zero-order chi connectivity index (χ0) is 30.8. The summed E-state index contributed by atoms with van der Waals surface area (Å²) in [5, 5.41) is 2.39. The summed E-state index contributed by atoms with van der Waals surface area (Å²) >= 11 is 0. The van der Waals surface area contributed by atoms with E-state index < -0.39 is 6.98 Å². The van der Waals surface area contributed by atoms with Crippen LogP contribution in [-0.2, 0) is 12.4 Å². The summed E-state index contributed by atoms with van der Waals surface area (Å²) in [7, 11) is 0. The summed E-state index contributed by atoms with van der Waals surface area (Å²) in [6.45, 7) is 6.62. The fraction of sp³-hybridized carbons (Fsp3) is 0.189.